The molecule has 0 radical (unpaired) electrons. The van der Waals surface area contributed by atoms with Crippen LogP contribution >= 0.6 is 22.6 Å². The summed E-state index contributed by atoms with van der Waals surface area (Å²) in [5.74, 6) is -0.712. The molecule has 0 heterocycles. The second-order valence-electron chi connectivity index (χ2n) is 5.54. The van der Waals surface area contributed by atoms with Gasteiger partial charge >= 0.3 is 11.9 Å². The van der Waals surface area contributed by atoms with Gasteiger partial charge in [0.25, 0.3) is 0 Å². The van der Waals surface area contributed by atoms with Crippen molar-refractivity contribution in [1.29, 1.82) is 0 Å². The Kier molecular flexibility index (Phi) is 5.56. The van der Waals surface area contributed by atoms with E-state index in [1.54, 1.807) is 6.07 Å². The van der Waals surface area contributed by atoms with E-state index in [1.165, 1.54) is 6.92 Å². The lowest BCUT2D eigenvalue weighted by atomic mass is 10.0. The highest BCUT2D eigenvalue weighted by atomic mass is 127. The van der Waals surface area contributed by atoms with Gasteiger partial charge in [0.2, 0.25) is 0 Å². The largest absolute Gasteiger partial charge is 0.461 e. The number of rotatable bonds is 3. The number of carbonyl (C=O) groups excluding carboxylic acids is 2. The first-order valence-corrected chi connectivity index (χ1v) is 7.34. The molecule has 4 nitrogen and oxygen atoms in total. The second kappa shape index (κ2) is 6.56. The lowest BCUT2D eigenvalue weighted by molar-refractivity contribution is -0.142. The van der Waals surface area contributed by atoms with Crippen molar-refractivity contribution in [1.82, 2.24) is 0 Å². The van der Waals surface area contributed by atoms with Gasteiger partial charge in [-0.05, 0) is 68.0 Å². The lowest BCUT2D eigenvalue weighted by Crippen LogP contribution is -2.24. The Morgan fingerprint density at radius 2 is 1.85 bits per heavy atom. The van der Waals surface area contributed by atoms with Gasteiger partial charge in [0.1, 0.15) is 12.2 Å². The number of carbonyl (C=O) groups is 2. The molecule has 1 aromatic carbocycles. The predicted octanol–water partition coefficient (Wildman–Crippen LogP) is 3.62. The van der Waals surface area contributed by atoms with Gasteiger partial charge < -0.3 is 9.47 Å². The third kappa shape index (κ3) is 5.11. The Morgan fingerprint density at radius 3 is 2.35 bits per heavy atom. The Hall–Kier alpha value is -1.11. The zero-order chi connectivity index (χ0) is 15.5. The molecule has 5 heteroatoms. The summed E-state index contributed by atoms with van der Waals surface area (Å²) in [7, 11) is 0. The molecule has 110 valence electrons. The molecule has 0 spiro atoms. The highest BCUT2D eigenvalue weighted by Crippen LogP contribution is 2.22. The van der Waals surface area contributed by atoms with Crippen molar-refractivity contribution >= 4 is 34.5 Å². The van der Waals surface area contributed by atoms with Crippen LogP contribution in [-0.2, 0) is 20.9 Å². The van der Waals surface area contributed by atoms with Gasteiger partial charge in [-0.25, -0.2) is 4.79 Å². The molecular weight excluding hydrogens is 371 g/mol. The normalized spacial score (nSPS) is 11.1. The van der Waals surface area contributed by atoms with Crippen molar-refractivity contribution in [3.05, 3.63) is 32.4 Å². The first kappa shape index (κ1) is 16.9. The summed E-state index contributed by atoms with van der Waals surface area (Å²) in [6.45, 7) is 8.85. The summed E-state index contributed by atoms with van der Waals surface area (Å²) in [6.07, 6.45) is 0. The fraction of sp³-hybridized carbons (Fsp3) is 0.467. The summed E-state index contributed by atoms with van der Waals surface area (Å²) < 4.78 is 11.3. The summed E-state index contributed by atoms with van der Waals surface area (Å²) in [4.78, 5) is 23.0. The van der Waals surface area contributed by atoms with E-state index in [0.29, 0.717) is 5.56 Å². The third-order valence-corrected chi connectivity index (χ3v) is 3.45. The van der Waals surface area contributed by atoms with Gasteiger partial charge in [-0.3, -0.25) is 4.79 Å². The topological polar surface area (TPSA) is 52.6 Å². The van der Waals surface area contributed by atoms with Crippen molar-refractivity contribution in [3.63, 3.8) is 0 Å². The minimum atomic E-state index is -0.539. The van der Waals surface area contributed by atoms with Crippen molar-refractivity contribution in [2.45, 2.75) is 46.8 Å². The minimum Gasteiger partial charge on any atom is -0.461 e. The molecular formula is C15H19IO4. The van der Waals surface area contributed by atoms with Crippen molar-refractivity contribution < 1.29 is 19.1 Å². The summed E-state index contributed by atoms with van der Waals surface area (Å²) in [6, 6.07) is 3.62. The first-order chi connectivity index (χ1) is 9.10. The molecule has 0 fully saturated rings. The standard InChI is InChI=1S/C15H19IO4/c1-9-6-13(16)11(8-19-10(2)17)7-12(9)14(18)20-15(3,4)5/h6-7H,8H2,1-5H3. The number of esters is 2. The Balaban J connectivity index is 3.05. The molecule has 0 atom stereocenters. The molecule has 0 bridgehead atoms. The van der Waals surface area contributed by atoms with Crippen LogP contribution in [0.1, 0.15) is 49.2 Å². The molecule has 1 rings (SSSR count). The van der Waals surface area contributed by atoms with Crippen LogP contribution in [0.15, 0.2) is 12.1 Å². The van der Waals surface area contributed by atoms with E-state index >= 15 is 0 Å². The SMILES string of the molecule is CC(=O)OCc1cc(C(=O)OC(C)(C)C)c(C)cc1I. The zero-order valence-corrected chi connectivity index (χ0v) is 14.5. The number of halogens is 1. The van der Waals surface area contributed by atoms with E-state index in [-0.39, 0.29) is 18.5 Å². The van der Waals surface area contributed by atoms with Crippen LogP contribution in [-0.4, -0.2) is 17.5 Å². The van der Waals surface area contributed by atoms with Crippen LogP contribution in [0.4, 0.5) is 0 Å². The van der Waals surface area contributed by atoms with Gasteiger partial charge in [0.05, 0.1) is 5.56 Å². The van der Waals surface area contributed by atoms with Gasteiger partial charge in [-0.1, -0.05) is 0 Å². The molecule has 0 aliphatic carbocycles. The van der Waals surface area contributed by atoms with Gasteiger partial charge in [0, 0.05) is 16.1 Å². The number of benzene rings is 1. The molecule has 0 N–H and O–H groups in total. The van der Waals surface area contributed by atoms with Crippen LogP contribution in [0.25, 0.3) is 0 Å². The van der Waals surface area contributed by atoms with E-state index in [9.17, 15) is 9.59 Å². The van der Waals surface area contributed by atoms with Crippen molar-refractivity contribution in [3.8, 4) is 0 Å². The summed E-state index contributed by atoms with van der Waals surface area (Å²) in [5, 5.41) is 0. The molecule has 0 aromatic heterocycles. The van der Waals surface area contributed by atoms with Crippen LogP contribution in [0, 0.1) is 10.5 Å². The molecule has 0 aliphatic rings. The van der Waals surface area contributed by atoms with Crippen LogP contribution in [0.2, 0.25) is 0 Å². The lowest BCUT2D eigenvalue weighted by Gasteiger charge is -2.20. The maximum atomic E-state index is 12.2. The van der Waals surface area contributed by atoms with E-state index in [4.69, 9.17) is 9.47 Å². The van der Waals surface area contributed by atoms with Crippen molar-refractivity contribution in [2.75, 3.05) is 0 Å². The zero-order valence-electron chi connectivity index (χ0n) is 12.4. The van der Waals surface area contributed by atoms with E-state index < -0.39 is 5.60 Å². The fourth-order valence-corrected chi connectivity index (χ4v) is 2.34. The molecule has 0 saturated carbocycles. The Bertz CT molecular complexity index is 529. The van der Waals surface area contributed by atoms with Gasteiger partial charge in [0.15, 0.2) is 0 Å². The average molecular weight is 390 g/mol. The molecule has 1 aromatic rings. The maximum Gasteiger partial charge on any atom is 0.338 e. The number of hydrogen-bond donors (Lipinski definition) is 0. The number of ether oxygens (including phenoxy) is 2. The van der Waals surface area contributed by atoms with E-state index in [1.807, 2.05) is 33.8 Å². The predicted molar refractivity (Wildman–Crippen MR) is 84.5 cm³/mol. The Labute approximate surface area is 133 Å². The smallest absolute Gasteiger partial charge is 0.338 e. The monoisotopic (exact) mass is 390 g/mol. The molecule has 0 unspecified atom stereocenters. The minimum absolute atomic E-state index is 0.156. The van der Waals surface area contributed by atoms with E-state index in [2.05, 4.69) is 22.6 Å². The number of hydrogen-bond acceptors (Lipinski definition) is 4. The van der Waals surface area contributed by atoms with E-state index in [0.717, 1.165) is 14.7 Å². The maximum absolute atomic E-state index is 12.2. The van der Waals surface area contributed by atoms with Gasteiger partial charge in [-0.15, -0.1) is 0 Å². The van der Waals surface area contributed by atoms with Crippen LogP contribution in [0.5, 0.6) is 0 Å². The van der Waals surface area contributed by atoms with Crippen LogP contribution < -0.4 is 0 Å². The van der Waals surface area contributed by atoms with Crippen LogP contribution in [0.3, 0.4) is 0 Å². The molecule has 0 amide bonds. The summed E-state index contributed by atoms with van der Waals surface area (Å²) >= 11 is 2.16. The van der Waals surface area contributed by atoms with Crippen molar-refractivity contribution in [2.24, 2.45) is 0 Å². The average Bonchev–Trinajstić information content (AvgIpc) is 2.24. The third-order valence-electron chi connectivity index (χ3n) is 2.44. The highest BCUT2D eigenvalue weighted by molar-refractivity contribution is 14.1. The summed E-state index contributed by atoms with van der Waals surface area (Å²) in [5.41, 5.74) is 1.60. The Morgan fingerprint density at radius 1 is 1.25 bits per heavy atom. The highest BCUT2D eigenvalue weighted by Gasteiger charge is 2.20. The second-order valence-corrected chi connectivity index (χ2v) is 6.70. The first-order valence-electron chi connectivity index (χ1n) is 6.26. The van der Waals surface area contributed by atoms with Gasteiger partial charge in [-0.2, -0.15) is 0 Å². The fourth-order valence-electron chi connectivity index (χ4n) is 1.56. The number of aryl methyl sites for hydroxylation is 1. The molecule has 0 saturated heterocycles. The molecule has 0 aliphatic heterocycles. The molecule has 20 heavy (non-hydrogen) atoms. The quantitative estimate of drug-likeness (QED) is 0.585.